The van der Waals surface area contributed by atoms with Gasteiger partial charge in [-0.05, 0) is 26.8 Å². The highest BCUT2D eigenvalue weighted by Gasteiger charge is 2.29. The third-order valence-electron chi connectivity index (χ3n) is 3.05. The van der Waals surface area contributed by atoms with Crippen LogP contribution in [0.25, 0.3) is 0 Å². The average molecular weight is 272 g/mol. The van der Waals surface area contributed by atoms with E-state index in [2.05, 4.69) is 36.2 Å². The van der Waals surface area contributed by atoms with Gasteiger partial charge in [0.15, 0.2) is 5.16 Å². The van der Waals surface area contributed by atoms with Crippen LogP contribution < -0.4 is 5.32 Å². The predicted octanol–water partition coefficient (Wildman–Crippen LogP) is 1.70. The normalized spacial score (nSPS) is 13.8. The van der Waals surface area contributed by atoms with Gasteiger partial charge < -0.3 is 10.1 Å². The molecule has 0 spiro atoms. The molecule has 1 aromatic rings. The Morgan fingerprint density at radius 3 is 2.78 bits per heavy atom. The van der Waals surface area contributed by atoms with Crippen LogP contribution in [-0.4, -0.2) is 45.8 Å². The van der Waals surface area contributed by atoms with Crippen LogP contribution in [0.3, 0.4) is 0 Å². The minimum atomic E-state index is -0.194. The molecule has 1 unspecified atom stereocenters. The Labute approximate surface area is 114 Å². The summed E-state index contributed by atoms with van der Waals surface area (Å²) in [6.07, 6.45) is 2.70. The van der Waals surface area contributed by atoms with Crippen LogP contribution in [0.2, 0.25) is 0 Å². The lowest BCUT2D eigenvalue weighted by Gasteiger charge is -2.33. The van der Waals surface area contributed by atoms with Gasteiger partial charge in [-0.2, -0.15) is 5.10 Å². The average Bonchev–Trinajstić information content (AvgIpc) is 2.75. The fraction of sp³-hybridized carbons (Fsp3) is 0.833. The van der Waals surface area contributed by atoms with Gasteiger partial charge in [-0.3, -0.25) is 0 Å². The van der Waals surface area contributed by atoms with Crippen LogP contribution >= 0.6 is 11.8 Å². The van der Waals surface area contributed by atoms with Crippen molar-refractivity contribution in [3.05, 3.63) is 6.33 Å². The maximum atomic E-state index is 5.58. The molecule has 0 saturated heterocycles. The second-order valence-electron chi connectivity index (χ2n) is 4.79. The monoisotopic (exact) mass is 272 g/mol. The molecule has 0 fully saturated rings. The number of aromatic nitrogens is 3. The van der Waals surface area contributed by atoms with Crippen LogP contribution in [0, 0.1) is 0 Å². The number of ether oxygens (including phenoxy) is 1. The Balaban J connectivity index is 2.58. The van der Waals surface area contributed by atoms with E-state index in [-0.39, 0.29) is 11.6 Å². The fourth-order valence-corrected chi connectivity index (χ4v) is 2.73. The lowest BCUT2D eigenvalue weighted by Crippen LogP contribution is -2.50. The highest BCUT2D eigenvalue weighted by atomic mass is 32.2. The molecule has 1 rings (SSSR count). The van der Waals surface area contributed by atoms with Crippen molar-refractivity contribution in [2.45, 2.75) is 44.0 Å². The van der Waals surface area contributed by atoms with E-state index >= 15 is 0 Å². The van der Waals surface area contributed by atoms with Gasteiger partial charge in [-0.25, -0.2) is 9.67 Å². The first-order chi connectivity index (χ1) is 8.51. The Bertz CT molecular complexity index is 354. The quantitative estimate of drug-likeness (QED) is 0.730. The van der Waals surface area contributed by atoms with Gasteiger partial charge in [-0.15, -0.1) is 0 Å². The van der Waals surface area contributed by atoms with Crippen molar-refractivity contribution in [3.8, 4) is 0 Å². The summed E-state index contributed by atoms with van der Waals surface area (Å²) in [4.78, 5) is 4.22. The summed E-state index contributed by atoms with van der Waals surface area (Å²) in [5, 5.41) is 8.55. The topological polar surface area (TPSA) is 52.0 Å². The summed E-state index contributed by atoms with van der Waals surface area (Å²) in [5.41, 5.74) is -0.194. The van der Waals surface area contributed by atoms with E-state index in [0.29, 0.717) is 0 Å². The Morgan fingerprint density at radius 2 is 2.28 bits per heavy atom. The summed E-state index contributed by atoms with van der Waals surface area (Å²) in [5.74, 6) is 0.910. The van der Waals surface area contributed by atoms with E-state index in [4.69, 9.17) is 4.74 Å². The molecule has 0 bridgehead atoms. The zero-order valence-corrected chi connectivity index (χ0v) is 12.8. The van der Waals surface area contributed by atoms with Crippen molar-refractivity contribution >= 4 is 11.8 Å². The summed E-state index contributed by atoms with van der Waals surface area (Å²) < 4.78 is 7.37. The van der Waals surface area contributed by atoms with Gasteiger partial charge >= 0.3 is 0 Å². The van der Waals surface area contributed by atoms with Gasteiger partial charge in [0.1, 0.15) is 6.33 Å². The van der Waals surface area contributed by atoms with Crippen molar-refractivity contribution in [1.82, 2.24) is 20.1 Å². The lowest BCUT2D eigenvalue weighted by atomic mass is 10.0. The Hall–Kier alpha value is -0.590. The number of hydrogen-bond donors (Lipinski definition) is 1. The molecule has 18 heavy (non-hydrogen) atoms. The van der Waals surface area contributed by atoms with E-state index in [9.17, 15) is 0 Å². The van der Waals surface area contributed by atoms with Crippen LogP contribution in [-0.2, 0) is 11.8 Å². The van der Waals surface area contributed by atoms with Gasteiger partial charge in [0.25, 0.3) is 0 Å². The predicted molar refractivity (Wildman–Crippen MR) is 74.9 cm³/mol. The van der Waals surface area contributed by atoms with Crippen molar-refractivity contribution in [1.29, 1.82) is 0 Å². The van der Waals surface area contributed by atoms with E-state index in [1.807, 2.05) is 7.05 Å². The molecule has 5 nitrogen and oxygen atoms in total. The SMILES string of the molecule is CCCNC(CSc1ncnn1C)C(C)(C)OC. The summed E-state index contributed by atoms with van der Waals surface area (Å²) >= 11 is 1.70. The maximum Gasteiger partial charge on any atom is 0.185 e. The number of rotatable bonds is 8. The van der Waals surface area contributed by atoms with Crippen molar-refractivity contribution in [2.24, 2.45) is 7.05 Å². The highest BCUT2D eigenvalue weighted by molar-refractivity contribution is 7.99. The van der Waals surface area contributed by atoms with E-state index in [0.717, 1.165) is 23.9 Å². The molecule has 0 amide bonds. The molecule has 6 heteroatoms. The molecule has 1 N–H and O–H groups in total. The maximum absolute atomic E-state index is 5.58. The summed E-state index contributed by atoms with van der Waals surface area (Å²) in [7, 11) is 3.67. The third kappa shape index (κ3) is 4.26. The van der Waals surface area contributed by atoms with Crippen molar-refractivity contribution in [2.75, 3.05) is 19.4 Å². The minimum Gasteiger partial charge on any atom is -0.377 e. The third-order valence-corrected chi connectivity index (χ3v) is 4.18. The molecular formula is C12H24N4OS. The van der Waals surface area contributed by atoms with E-state index in [1.54, 1.807) is 29.9 Å². The number of nitrogens with zero attached hydrogens (tertiary/aromatic N) is 3. The van der Waals surface area contributed by atoms with Crippen molar-refractivity contribution < 1.29 is 4.74 Å². The standard InChI is InChI=1S/C12H24N4OS/c1-6-7-13-10(12(2,3)17-5)8-18-11-14-9-15-16(11)4/h9-10,13H,6-8H2,1-5H3. The fourth-order valence-electron chi connectivity index (χ4n) is 1.54. The number of nitrogens with one attached hydrogen (secondary N) is 1. The van der Waals surface area contributed by atoms with E-state index < -0.39 is 0 Å². The van der Waals surface area contributed by atoms with Crippen LogP contribution in [0.4, 0.5) is 0 Å². The molecule has 1 aromatic heterocycles. The smallest absolute Gasteiger partial charge is 0.185 e. The van der Waals surface area contributed by atoms with Gasteiger partial charge in [0, 0.05) is 26.0 Å². The zero-order valence-electron chi connectivity index (χ0n) is 11.9. The Kier molecular flexibility index (Phi) is 6.11. The number of hydrogen-bond acceptors (Lipinski definition) is 5. The Morgan fingerprint density at radius 1 is 1.56 bits per heavy atom. The molecule has 0 aromatic carbocycles. The molecule has 0 saturated carbocycles. The molecule has 1 atom stereocenters. The number of thioether (sulfide) groups is 1. The highest BCUT2D eigenvalue weighted by Crippen LogP contribution is 2.22. The van der Waals surface area contributed by atoms with Crippen LogP contribution in [0.1, 0.15) is 27.2 Å². The summed E-state index contributed by atoms with van der Waals surface area (Å²) in [6.45, 7) is 7.38. The second-order valence-corrected chi connectivity index (χ2v) is 5.78. The number of methoxy groups -OCH3 is 1. The molecule has 104 valence electrons. The van der Waals surface area contributed by atoms with Gasteiger partial charge in [0.2, 0.25) is 0 Å². The number of aryl methyl sites for hydroxylation is 1. The van der Waals surface area contributed by atoms with Crippen LogP contribution in [0.15, 0.2) is 11.5 Å². The molecule has 0 aliphatic heterocycles. The first-order valence-corrected chi connectivity index (χ1v) is 7.25. The first kappa shape index (κ1) is 15.5. The first-order valence-electron chi connectivity index (χ1n) is 6.26. The largest absolute Gasteiger partial charge is 0.377 e. The minimum absolute atomic E-state index is 0.194. The molecule has 0 aliphatic carbocycles. The molecule has 0 radical (unpaired) electrons. The second kappa shape index (κ2) is 7.11. The zero-order chi connectivity index (χ0) is 13.6. The summed E-state index contributed by atoms with van der Waals surface area (Å²) in [6, 6.07) is 0.282. The lowest BCUT2D eigenvalue weighted by molar-refractivity contribution is -0.00347. The van der Waals surface area contributed by atoms with Gasteiger partial charge in [-0.1, -0.05) is 18.7 Å². The molecular weight excluding hydrogens is 248 g/mol. The molecule has 1 heterocycles. The van der Waals surface area contributed by atoms with Gasteiger partial charge in [0.05, 0.1) is 5.60 Å². The van der Waals surface area contributed by atoms with Crippen LogP contribution in [0.5, 0.6) is 0 Å². The van der Waals surface area contributed by atoms with E-state index in [1.165, 1.54) is 0 Å². The molecule has 0 aliphatic rings. The van der Waals surface area contributed by atoms with Crippen molar-refractivity contribution in [3.63, 3.8) is 0 Å².